The highest BCUT2D eigenvalue weighted by atomic mass is 127. The number of hydrogen-bond acceptors (Lipinski definition) is 3. The number of guanidine groups is 1. The number of carbonyl (C=O) groups is 1. The molecule has 30 heavy (non-hydrogen) atoms. The van der Waals surface area contributed by atoms with Crippen molar-refractivity contribution < 1.29 is 9.53 Å². The van der Waals surface area contributed by atoms with E-state index in [4.69, 9.17) is 4.74 Å². The van der Waals surface area contributed by atoms with Crippen LogP contribution in [0.3, 0.4) is 0 Å². The molecule has 3 atom stereocenters. The lowest BCUT2D eigenvalue weighted by atomic mass is 9.54. The van der Waals surface area contributed by atoms with Gasteiger partial charge in [0.25, 0.3) is 0 Å². The fourth-order valence-corrected chi connectivity index (χ4v) is 6.15. The zero-order chi connectivity index (χ0) is 19.8. The molecule has 2 saturated carbocycles. The predicted molar refractivity (Wildman–Crippen MR) is 129 cm³/mol. The molecule has 2 saturated heterocycles. The van der Waals surface area contributed by atoms with Crippen molar-refractivity contribution in [3.05, 3.63) is 29.8 Å². The maximum atomic E-state index is 11.9. The van der Waals surface area contributed by atoms with E-state index in [2.05, 4.69) is 39.9 Å². The summed E-state index contributed by atoms with van der Waals surface area (Å²) in [5.41, 5.74) is 2.51. The van der Waals surface area contributed by atoms with E-state index in [1.165, 1.54) is 31.2 Å². The van der Waals surface area contributed by atoms with E-state index in [1.807, 2.05) is 11.9 Å². The maximum absolute atomic E-state index is 11.9. The molecule has 1 amide bonds. The normalized spacial score (nSPS) is 29.5. The molecule has 6 nitrogen and oxygen atoms in total. The van der Waals surface area contributed by atoms with Gasteiger partial charge in [0.2, 0.25) is 5.91 Å². The largest absolute Gasteiger partial charge is 0.377 e. The quantitative estimate of drug-likeness (QED) is 0.360. The third-order valence-corrected chi connectivity index (χ3v) is 7.58. The second-order valence-electron chi connectivity index (χ2n) is 9.05. The van der Waals surface area contributed by atoms with Crippen molar-refractivity contribution >= 4 is 41.5 Å². The van der Waals surface area contributed by atoms with Crippen molar-refractivity contribution in [3.8, 4) is 0 Å². The van der Waals surface area contributed by atoms with Crippen LogP contribution in [0.1, 0.15) is 50.5 Å². The van der Waals surface area contributed by atoms with Gasteiger partial charge in [-0.15, -0.1) is 24.0 Å². The lowest BCUT2D eigenvalue weighted by molar-refractivity contribution is -0.125. The van der Waals surface area contributed by atoms with Crippen molar-refractivity contribution in [2.45, 2.75) is 63.6 Å². The molecule has 2 aliphatic carbocycles. The standard InChI is InChI=1S/C23H32N4O2.HI/c1-24-22(26-20-18-10-14-29-21(18)23(20)11-2-3-12-23)25-15-16-6-8-17(9-7-16)27-13-4-5-19(27)28;/h6-9,18,20-21H,2-5,10-15H2,1H3,(H2,24,25,26);1H. The van der Waals surface area contributed by atoms with Gasteiger partial charge in [-0.25, -0.2) is 0 Å². The number of benzene rings is 1. The molecule has 1 aromatic rings. The fraction of sp³-hybridized carbons (Fsp3) is 0.652. The Morgan fingerprint density at radius 3 is 2.67 bits per heavy atom. The van der Waals surface area contributed by atoms with Crippen molar-refractivity contribution in [1.82, 2.24) is 10.6 Å². The summed E-state index contributed by atoms with van der Waals surface area (Å²) in [4.78, 5) is 18.3. The third kappa shape index (κ3) is 3.72. The second-order valence-corrected chi connectivity index (χ2v) is 9.05. The van der Waals surface area contributed by atoms with Gasteiger partial charge in [-0.3, -0.25) is 9.79 Å². The summed E-state index contributed by atoms with van der Waals surface area (Å²) in [6.45, 7) is 2.47. The molecule has 0 bridgehead atoms. The Hall–Kier alpha value is -1.35. The number of halogens is 1. The molecule has 0 radical (unpaired) electrons. The molecule has 1 aromatic carbocycles. The average molecular weight is 524 g/mol. The van der Waals surface area contributed by atoms with Crippen LogP contribution in [0.25, 0.3) is 0 Å². The van der Waals surface area contributed by atoms with Crippen LogP contribution in [0, 0.1) is 11.3 Å². The van der Waals surface area contributed by atoms with Crippen molar-refractivity contribution in [2.75, 3.05) is 25.1 Å². The van der Waals surface area contributed by atoms with Crippen LogP contribution in [0.5, 0.6) is 0 Å². The molecule has 164 valence electrons. The maximum Gasteiger partial charge on any atom is 0.227 e. The monoisotopic (exact) mass is 524 g/mol. The number of fused-ring (bicyclic) bond motifs is 2. The summed E-state index contributed by atoms with van der Waals surface area (Å²) in [5.74, 6) is 1.74. The Morgan fingerprint density at radius 2 is 2.00 bits per heavy atom. The molecule has 2 N–H and O–H groups in total. The fourth-order valence-electron chi connectivity index (χ4n) is 6.15. The van der Waals surface area contributed by atoms with Gasteiger partial charge in [0.15, 0.2) is 5.96 Å². The number of nitrogens with one attached hydrogen (secondary N) is 2. The van der Waals surface area contributed by atoms with Crippen LogP contribution < -0.4 is 15.5 Å². The number of amides is 1. The van der Waals surface area contributed by atoms with Crippen LogP contribution in [-0.2, 0) is 16.1 Å². The number of anilines is 1. The SMILES string of the molecule is CN=C(NCc1ccc(N2CCCC2=O)cc1)NC1C2CCOC2C12CCCC2.I. The van der Waals surface area contributed by atoms with Gasteiger partial charge in [-0.1, -0.05) is 25.0 Å². The molecule has 3 unspecified atom stereocenters. The van der Waals surface area contributed by atoms with E-state index in [9.17, 15) is 4.79 Å². The smallest absolute Gasteiger partial charge is 0.227 e. The minimum Gasteiger partial charge on any atom is -0.377 e. The Balaban J connectivity index is 0.00000218. The average Bonchev–Trinajstić information content (AvgIpc) is 3.48. The molecule has 7 heteroatoms. The Morgan fingerprint density at radius 1 is 1.23 bits per heavy atom. The van der Waals surface area contributed by atoms with E-state index in [-0.39, 0.29) is 29.9 Å². The number of aliphatic imine (C=N–C) groups is 1. The van der Waals surface area contributed by atoms with Gasteiger partial charge in [0.05, 0.1) is 6.10 Å². The minimum absolute atomic E-state index is 0. The van der Waals surface area contributed by atoms with Crippen LogP contribution in [0.4, 0.5) is 5.69 Å². The number of ether oxygens (including phenoxy) is 1. The zero-order valence-corrected chi connectivity index (χ0v) is 20.1. The van der Waals surface area contributed by atoms with Crippen LogP contribution >= 0.6 is 24.0 Å². The first-order valence-electron chi connectivity index (χ1n) is 11.2. The molecule has 4 aliphatic rings. The highest BCUT2D eigenvalue weighted by Gasteiger charge is 2.65. The molecule has 2 aliphatic heterocycles. The summed E-state index contributed by atoms with van der Waals surface area (Å²) in [6.07, 6.45) is 8.45. The van der Waals surface area contributed by atoms with Gasteiger partial charge in [-0.2, -0.15) is 0 Å². The van der Waals surface area contributed by atoms with Crippen LogP contribution in [-0.4, -0.2) is 44.2 Å². The molecular formula is C23H33IN4O2. The molecular weight excluding hydrogens is 491 g/mol. The summed E-state index contributed by atoms with van der Waals surface area (Å²) < 4.78 is 6.10. The van der Waals surface area contributed by atoms with Gasteiger partial charge >= 0.3 is 0 Å². The first kappa shape index (κ1) is 21.9. The summed E-state index contributed by atoms with van der Waals surface area (Å²) in [5, 5.41) is 7.23. The lowest BCUT2D eigenvalue weighted by Gasteiger charge is -2.57. The number of hydrogen-bond donors (Lipinski definition) is 2. The first-order valence-corrected chi connectivity index (χ1v) is 11.2. The highest BCUT2D eigenvalue weighted by Crippen LogP contribution is 2.60. The van der Waals surface area contributed by atoms with Crippen LogP contribution in [0.2, 0.25) is 0 Å². The third-order valence-electron chi connectivity index (χ3n) is 7.58. The van der Waals surface area contributed by atoms with Gasteiger partial charge in [-0.05, 0) is 43.4 Å². The topological polar surface area (TPSA) is 66.0 Å². The van der Waals surface area contributed by atoms with Crippen molar-refractivity contribution in [1.29, 1.82) is 0 Å². The summed E-state index contributed by atoms with van der Waals surface area (Å²) in [6, 6.07) is 8.78. The van der Waals surface area contributed by atoms with Crippen molar-refractivity contribution in [3.63, 3.8) is 0 Å². The number of carbonyl (C=O) groups excluding carboxylic acids is 1. The molecule has 1 spiro atoms. The Kier molecular flexibility index (Phi) is 6.58. The number of rotatable bonds is 4. The summed E-state index contributed by atoms with van der Waals surface area (Å²) in [7, 11) is 1.85. The van der Waals surface area contributed by atoms with E-state index < -0.39 is 0 Å². The van der Waals surface area contributed by atoms with Gasteiger partial charge in [0.1, 0.15) is 0 Å². The Labute approximate surface area is 196 Å². The van der Waals surface area contributed by atoms with E-state index >= 15 is 0 Å². The van der Waals surface area contributed by atoms with E-state index in [0.717, 1.165) is 44.2 Å². The van der Waals surface area contributed by atoms with Gasteiger partial charge in [0, 0.05) is 56.2 Å². The second kappa shape index (κ2) is 9.02. The molecule has 2 heterocycles. The van der Waals surface area contributed by atoms with Crippen LogP contribution in [0.15, 0.2) is 29.3 Å². The first-order chi connectivity index (χ1) is 14.2. The minimum atomic E-state index is 0. The zero-order valence-electron chi connectivity index (χ0n) is 17.7. The van der Waals surface area contributed by atoms with E-state index in [1.54, 1.807) is 0 Å². The van der Waals surface area contributed by atoms with E-state index in [0.29, 0.717) is 29.9 Å². The molecule has 4 fully saturated rings. The number of nitrogens with zero attached hydrogens (tertiary/aromatic N) is 2. The Bertz CT molecular complexity index is 791. The molecule has 0 aromatic heterocycles. The lowest BCUT2D eigenvalue weighted by Crippen LogP contribution is -2.69. The molecule has 5 rings (SSSR count). The highest BCUT2D eigenvalue weighted by molar-refractivity contribution is 14.0. The summed E-state index contributed by atoms with van der Waals surface area (Å²) >= 11 is 0. The van der Waals surface area contributed by atoms with Crippen molar-refractivity contribution in [2.24, 2.45) is 16.3 Å². The van der Waals surface area contributed by atoms with Gasteiger partial charge < -0.3 is 20.3 Å². The predicted octanol–water partition coefficient (Wildman–Crippen LogP) is 3.44.